The zero-order valence-corrected chi connectivity index (χ0v) is 7.44. The Morgan fingerprint density at radius 1 is 1.30 bits per heavy atom. The van der Waals surface area contributed by atoms with Gasteiger partial charge in [0, 0.05) is 0 Å². The van der Waals surface area contributed by atoms with Gasteiger partial charge >= 0.3 is 0 Å². The van der Waals surface area contributed by atoms with Gasteiger partial charge in [0.25, 0.3) is 0 Å². The predicted molar refractivity (Wildman–Crippen MR) is 45.0 cm³/mol. The van der Waals surface area contributed by atoms with Crippen molar-refractivity contribution in [1.29, 1.82) is 0 Å². The van der Waals surface area contributed by atoms with E-state index in [1.165, 1.54) is 11.1 Å². The third-order valence-corrected chi connectivity index (χ3v) is 1.79. The normalized spacial score (nSPS) is 12.9. The molecule has 0 aliphatic carbocycles. The molecule has 1 nitrogen and oxygen atoms in total. The quantitative estimate of drug-likeness (QED) is 0.600. The fraction of sp³-hybridized carbons (Fsp3) is 0.778. The lowest BCUT2D eigenvalue weighted by Gasteiger charge is -2.05. The van der Waals surface area contributed by atoms with E-state index in [-0.39, 0.29) is 6.10 Å². The van der Waals surface area contributed by atoms with E-state index in [0.29, 0.717) is 0 Å². The van der Waals surface area contributed by atoms with Crippen molar-refractivity contribution in [3.8, 4) is 0 Å². The van der Waals surface area contributed by atoms with E-state index in [2.05, 4.69) is 20.8 Å². The SMILES string of the molecule is CC(C)=C(C)CCC(C)O. The lowest BCUT2D eigenvalue weighted by Crippen LogP contribution is -1.99. The molecule has 1 N–H and O–H groups in total. The van der Waals surface area contributed by atoms with Crippen LogP contribution in [-0.2, 0) is 0 Å². The van der Waals surface area contributed by atoms with Gasteiger partial charge in [-0.25, -0.2) is 0 Å². The molecule has 60 valence electrons. The van der Waals surface area contributed by atoms with Crippen LogP contribution in [0.4, 0.5) is 0 Å². The number of rotatable bonds is 3. The van der Waals surface area contributed by atoms with Crippen LogP contribution in [0.5, 0.6) is 0 Å². The van der Waals surface area contributed by atoms with E-state index in [0.717, 1.165) is 12.8 Å². The van der Waals surface area contributed by atoms with Crippen molar-refractivity contribution < 1.29 is 5.11 Å². The molecule has 0 aliphatic heterocycles. The Morgan fingerprint density at radius 3 is 2.10 bits per heavy atom. The maximum absolute atomic E-state index is 8.96. The van der Waals surface area contributed by atoms with Crippen LogP contribution in [-0.4, -0.2) is 11.2 Å². The van der Waals surface area contributed by atoms with Crippen molar-refractivity contribution in [3.05, 3.63) is 11.1 Å². The fourth-order valence-corrected chi connectivity index (χ4v) is 0.675. The van der Waals surface area contributed by atoms with Crippen LogP contribution in [0.25, 0.3) is 0 Å². The smallest absolute Gasteiger partial charge is 0.0515 e. The third kappa shape index (κ3) is 4.57. The van der Waals surface area contributed by atoms with E-state index >= 15 is 0 Å². The molecule has 0 fully saturated rings. The summed E-state index contributed by atoms with van der Waals surface area (Å²) < 4.78 is 0. The Balaban J connectivity index is 3.60. The highest BCUT2D eigenvalue weighted by Crippen LogP contribution is 2.10. The highest BCUT2D eigenvalue weighted by molar-refractivity contribution is 5.06. The molecule has 10 heavy (non-hydrogen) atoms. The molecule has 0 aliphatic rings. The lowest BCUT2D eigenvalue weighted by molar-refractivity contribution is 0.185. The van der Waals surface area contributed by atoms with Crippen LogP contribution in [0, 0.1) is 0 Å². The van der Waals surface area contributed by atoms with E-state index in [9.17, 15) is 0 Å². The molecule has 0 spiro atoms. The molecule has 1 atom stereocenters. The molecular weight excluding hydrogens is 124 g/mol. The Hall–Kier alpha value is -0.300. The largest absolute Gasteiger partial charge is 0.393 e. The summed E-state index contributed by atoms with van der Waals surface area (Å²) in [7, 11) is 0. The van der Waals surface area contributed by atoms with Crippen LogP contribution >= 0.6 is 0 Å². The fourth-order valence-electron chi connectivity index (χ4n) is 0.675. The van der Waals surface area contributed by atoms with Gasteiger partial charge in [0.1, 0.15) is 0 Å². The predicted octanol–water partition coefficient (Wildman–Crippen LogP) is 2.50. The van der Waals surface area contributed by atoms with Crippen LogP contribution in [0.3, 0.4) is 0 Å². The maximum Gasteiger partial charge on any atom is 0.0515 e. The van der Waals surface area contributed by atoms with Crippen LogP contribution in [0.2, 0.25) is 0 Å². The molecule has 0 saturated carbocycles. The molecule has 1 heteroatoms. The Labute approximate surface area is 63.8 Å². The van der Waals surface area contributed by atoms with Crippen molar-refractivity contribution in [3.63, 3.8) is 0 Å². The average Bonchev–Trinajstić information content (AvgIpc) is 1.82. The molecule has 0 saturated heterocycles. The molecule has 0 bridgehead atoms. The first-order valence-corrected chi connectivity index (χ1v) is 3.85. The number of hydrogen-bond donors (Lipinski definition) is 1. The average molecular weight is 142 g/mol. The second-order valence-electron chi connectivity index (χ2n) is 3.17. The van der Waals surface area contributed by atoms with Gasteiger partial charge in [0.15, 0.2) is 0 Å². The van der Waals surface area contributed by atoms with Gasteiger partial charge < -0.3 is 5.11 Å². The standard InChI is InChI=1S/C9H18O/c1-7(2)8(3)5-6-9(4)10/h9-10H,5-6H2,1-4H3. The van der Waals surface area contributed by atoms with Crippen LogP contribution < -0.4 is 0 Å². The summed E-state index contributed by atoms with van der Waals surface area (Å²) in [5, 5.41) is 8.96. The van der Waals surface area contributed by atoms with E-state index in [1.807, 2.05) is 6.92 Å². The number of aliphatic hydroxyl groups is 1. The molecule has 0 aromatic heterocycles. The Bertz CT molecular complexity index is 119. The topological polar surface area (TPSA) is 20.2 Å². The van der Waals surface area contributed by atoms with Gasteiger partial charge in [-0.3, -0.25) is 0 Å². The monoisotopic (exact) mass is 142 g/mol. The highest BCUT2D eigenvalue weighted by atomic mass is 16.3. The first-order valence-electron chi connectivity index (χ1n) is 3.85. The van der Waals surface area contributed by atoms with Gasteiger partial charge in [-0.15, -0.1) is 0 Å². The summed E-state index contributed by atoms with van der Waals surface area (Å²) >= 11 is 0. The van der Waals surface area contributed by atoms with Crippen molar-refractivity contribution in [2.45, 2.75) is 46.6 Å². The number of allylic oxidation sites excluding steroid dienone is 2. The minimum absolute atomic E-state index is 0.158. The first-order chi connectivity index (χ1) is 4.54. The van der Waals surface area contributed by atoms with Crippen molar-refractivity contribution in [2.75, 3.05) is 0 Å². The van der Waals surface area contributed by atoms with Crippen LogP contribution in [0.15, 0.2) is 11.1 Å². The Morgan fingerprint density at radius 2 is 1.80 bits per heavy atom. The molecule has 0 heterocycles. The van der Waals surface area contributed by atoms with E-state index in [1.54, 1.807) is 0 Å². The zero-order chi connectivity index (χ0) is 8.15. The van der Waals surface area contributed by atoms with Crippen molar-refractivity contribution in [2.24, 2.45) is 0 Å². The number of aliphatic hydroxyl groups excluding tert-OH is 1. The summed E-state index contributed by atoms with van der Waals surface area (Å²) in [5.41, 5.74) is 2.78. The molecule has 0 radical (unpaired) electrons. The first kappa shape index (κ1) is 9.70. The van der Waals surface area contributed by atoms with Gasteiger partial charge in [-0.2, -0.15) is 0 Å². The second-order valence-corrected chi connectivity index (χ2v) is 3.17. The van der Waals surface area contributed by atoms with Gasteiger partial charge in [-0.05, 0) is 40.5 Å². The van der Waals surface area contributed by atoms with Crippen molar-refractivity contribution >= 4 is 0 Å². The van der Waals surface area contributed by atoms with Crippen LogP contribution in [0.1, 0.15) is 40.5 Å². The molecule has 0 amide bonds. The minimum atomic E-state index is -0.158. The summed E-state index contributed by atoms with van der Waals surface area (Å²) in [6, 6.07) is 0. The lowest BCUT2D eigenvalue weighted by atomic mass is 10.1. The molecule has 0 aromatic rings. The van der Waals surface area contributed by atoms with Gasteiger partial charge in [0.2, 0.25) is 0 Å². The highest BCUT2D eigenvalue weighted by Gasteiger charge is 1.96. The molecular formula is C9H18O. The summed E-state index contributed by atoms with van der Waals surface area (Å²) in [5.74, 6) is 0. The molecule has 0 aromatic carbocycles. The molecule has 0 rings (SSSR count). The summed E-state index contributed by atoms with van der Waals surface area (Å²) in [6.45, 7) is 8.17. The van der Waals surface area contributed by atoms with Crippen molar-refractivity contribution in [1.82, 2.24) is 0 Å². The van der Waals surface area contributed by atoms with E-state index < -0.39 is 0 Å². The third-order valence-electron chi connectivity index (χ3n) is 1.79. The minimum Gasteiger partial charge on any atom is -0.393 e. The van der Waals surface area contributed by atoms with Gasteiger partial charge in [0.05, 0.1) is 6.10 Å². The van der Waals surface area contributed by atoms with Gasteiger partial charge in [-0.1, -0.05) is 11.1 Å². The second kappa shape index (κ2) is 4.51. The molecule has 1 unspecified atom stereocenters. The number of hydrogen-bond acceptors (Lipinski definition) is 1. The summed E-state index contributed by atoms with van der Waals surface area (Å²) in [4.78, 5) is 0. The zero-order valence-electron chi connectivity index (χ0n) is 7.44. The Kier molecular flexibility index (Phi) is 4.37. The maximum atomic E-state index is 8.96. The van der Waals surface area contributed by atoms with E-state index in [4.69, 9.17) is 5.11 Å². The summed E-state index contributed by atoms with van der Waals surface area (Å²) in [6.07, 6.45) is 1.76.